The molecule has 0 saturated heterocycles. The predicted molar refractivity (Wildman–Crippen MR) is 24.4 cm³/mol. The Balaban J connectivity index is 4.17. The average molecular weight is 123 g/mol. The van der Waals surface area contributed by atoms with Crippen molar-refractivity contribution in [2.24, 2.45) is 5.90 Å². The van der Waals surface area contributed by atoms with Crippen LogP contribution in [0.1, 0.15) is 0 Å². The largest absolute Gasteiger partial charge is 0.305 e. The molecule has 0 fully saturated rings. The molecule has 0 saturated carbocycles. The van der Waals surface area contributed by atoms with Gasteiger partial charge in [-0.05, 0) is 0 Å². The van der Waals surface area contributed by atoms with Crippen molar-refractivity contribution in [3.8, 4) is 0 Å². The Morgan fingerprint density at radius 3 is 2.14 bits per heavy atom. The molecule has 0 heterocycles. The van der Waals surface area contributed by atoms with Crippen molar-refractivity contribution in [1.82, 2.24) is 0 Å². The van der Waals surface area contributed by atoms with Crippen LogP contribution < -0.4 is 5.90 Å². The first kappa shape index (κ1) is 6.61. The lowest BCUT2D eigenvalue weighted by Gasteiger charge is -1.85. The second-order valence-electron chi connectivity index (χ2n) is 0.756. The number of nitrogens with two attached hydrogens (primary N) is 1. The quantitative estimate of drug-likeness (QED) is 0.495. The molecule has 0 unspecified atom stereocenters. The van der Waals surface area contributed by atoms with Gasteiger partial charge < -0.3 is 0 Å². The van der Waals surface area contributed by atoms with Gasteiger partial charge in [0.25, 0.3) is 0 Å². The first-order chi connectivity index (χ1) is 3.12. The van der Waals surface area contributed by atoms with Crippen LogP contribution in [0.5, 0.6) is 0 Å². The van der Waals surface area contributed by atoms with Gasteiger partial charge in [-0.1, -0.05) is 6.58 Å². The predicted octanol–water partition coefficient (Wildman–Crippen LogP) is -0.650. The summed E-state index contributed by atoms with van der Waals surface area (Å²) in [5.74, 6) is 4.26. The molecule has 7 heavy (non-hydrogen) atoms. The topological polar surface area (TPSA) is 69.4 Å². The fourth-order valence-corrected chi connectivity index (χ4v) is 0.118. The van der Waals surface area contributed by atoms with Crippen LogP contribution in [-0.2, 0) is 14.4 Å². The number of hydrogen-bond acceptors (Lipinski definition) is 4. The van der Waals surface area contributed by atoms with Crippen LogP contribution in [0.2, 0.25) is 0 Å². The van der Waals surface area contributed by atoms with Gasteiger partial charge in [-0.3, -0.25) is 0 Å². The third-order valence-corrected chi connectivity index (χ3v) is 1.01. The van der Waals surface area contributed by atoms with Crippen molar-refractivity contribution in [3.63, 3.8) is 0 Å². The van der Waals surface area contributed by atoms with Crippen LogP contribution in [0.3, 0.4) is 0 Å². The number of hydrogen-bond donors (Lipinski definition) is 1. The van der Waals surface area contributed by atoms with Gasteiger partial charge in [-0.25, -0.2) is 0 Å². The Hall–Kier alpha value is -0.390. The van der Waals surface area contributed by atoms with Crippen molar-refractivity contribution >= 4 is 10.1 Å². The Bertz CT molecular complexity index is 146. The van der Waals surface area contributed by atoms with E-state index in [1.807, 2.05) is 0 Å². The van der Waals surface area contributed by atoms with Gasteiger partial charge in [-0.2, -0.15) is 18.6 Å². The van der Waals surface area contributed by atoms with E-state index < -0.39 is 10.1 Å². The van der Waals surface area contributed by atoms with E-state index >= 15 is 0 Å². The van der Waals surface area contributed by atoms with Gasteiger partial charge in [0.05, 0.1) is 5.41 Å². The Morgan fingerprint density at radius 1 is 1.71 bits per heavy atom. The van der Waals surface area contributed by atoms with Crippen LogP contribution >= 0.6 is 0 Å². The highest BCUT2D eigenvalue weighted by Gasteiger charge is 1.97. The fourth-order valence-electron chi connectivity index (χ4n) is 0.0393. The molecule has 0 aliphatic rings. The van der Waals surface area contributed by atoms with Crippen LogP contribution in [0, 0.1) is 0 Å². The lowest BCUT2D eigenvalue weighted by atomic mass is 11.3. The summed E-state index contributed by atoms with van der Waals surface area (Å²) < 4.78 is 23.2. The molecule has 0 amide bonds. The smallest absolute Gasteiger partial charge is 0.197 e. The highest BCUT2D eigenvalue weighted by molar-refractivity contribution is 7.89. The minimum absolute atomic E-state index is 0.618. The molecule has 0 aromatic heterocycles. The summed E-state index contributed by atoms with van der Waals surface area (Å²) in [6, 6.07) is 0. The molecule has 4 nitrogen and oxygen atoms in total. The summed E-state index contributed by atoms with van der Waals surface area (Å²) in [6.45, 7) is 2.91. The lowest BCUT2D eigenvalue weighted by Crippen LogP contribution is -2.06. The van der Waals surface area contributed by atoms with Gasteiger partial charge in [-0.15, -0.1) is 0 Å². The van der Waals surface area contributed by atoms with Gasteiger partial charge in [0.1, 0.15) is 0 Å². The zero-order valence-electron chi connectivity index (χ0n) is 3.49. The molecule has 0 atom stereocenters. The maximum atomic E-state index is 9.90. The second-order valence-corrected chi connectivity index (χ2v) is 2.27. The zero-order chi connectivity index (χ0) is 5.91. The summed E-state index contributed by atoms with van der Waals surface area (Å²) in [6.07, 6.45) is 0. The summed E-state index contributed by atoms with van der Waals surface area (Å²) in [7, 11) is -3.62. The van der Waals surface area contributed by atoms with Gasteiger partial charge in [0, 0.05) is 0 Å². The molecule has 42 valence electrons. The molecular formula is C2H5NO3S. The van der Waals surface area contributed by atoms with Gasteiger partial charge in [0.2, 0.25) is 0 Å². The Kier molecular flexibility index (Phi) is 1.94. The summed E-state index contributed by atoms with van der Waals surface area (Å²) in [5, 5.41) is 0.618. The molecule has 0 bridgehead atoms. The van der Waals surface area contributed by atoms with Crippen molar-refractivity contribution in [2.45, 2.75) is 0 Å². The van der Waals surface area contributed by atoms with E-state index in [-0.39, 0.29) is 0 Å². The molecule has 0 rings (SSSR count). The van der Waals surface area contributed by atoms with Gasteiger partial charge >= 0.3 is 10.1 Å². The molecule has 0 aromatic rings. The third-order valence-electron chi connectivity index (χ3n) is 0.338. The summed E-state index contributed by atoms with van der Waals surface area (Å²) in [4.78, 5) is 0. The van der Waals surface area contributed by atoms with Crippen molar-refractivity contribution < 1.29 is 12.7 Å². The highest BCUT2D eigenvalue weighted by atomic mass is 32.2. The zero-order valence-corrected chi connectivity index (χ0v) is 4.31. The Morgan fingerprint density at radius 2 is 2.14 bits per heavy atom. The van der Waals surface area contributed by atoms with E-state index in [9.17, 15) is 8.42 Å². The lowest BCUT2D eigenvalue weighted by molar-refractivity contribution is 0.339. The highest BCUT2D eigenvalue weighted by Crippen LogP contribution is 1.83. The SMILES string of the molecule is C=CS(=O)(=O)ON. The van der Waals surface area contributed by atoms with E-state index in [1.54, 1.807) is 0 Å². The first-order valence-corrected chi connectivity index (χ1v) is 2.85. The van der Waals surface area contributed by atoms with Crippen molar-refractivity contribution in [3.05, 3.63) is 12.0 Å². The molecule has 0 aliphatic heterocycles. The van der Waals surface area contributed by atoms with Crippen LogP contribution in [0.4, 0.5) is 0 Å². The monoisotopic (exact) mass is 123 g/mol. The summed E-state index contributed by atoms with van der Waals surface area (Å²) in [5.41, 5.74) is 0. The third kappa shape index (κ3) is 2.32. The standard InChI is InChI=1S/C2H5NO3S/c1-2-7(4,5)6-3/h2H,1,3H2. The van der Waals surface area contributed by atoms with E-state index in [4.69, 9.17) is 0 Å². The minimum Gasteiger partial charge on any atom is -0.197 e. The molecule has 0 aliphatic carbocycles. The van der Waals surface area contributed by atoms with Crippen LogP contribution in [0.15, 0.2) is 12.0 Å². The van der Waals surface area contributed by atoms with E-state index in [1.165, 1.54) is 0 Å². The van der Waals surface area contributed by atoms with Crippen LogP contribution in [-0.4, -0.2) is 8.42 Å². The normalized spacial score (nSPS) is 11.0. The number of rotatable bonds is 2. The molecule has 5 heteroatoms. The molecular weight excluding hydrogens is 118 g/mol. The maximum absolute atomic E-state index is 9.90. The first-order valence-electron chi connectivity index (χ1n) is 1.38. The molecule has 2 N–H and O–H groups in total. The van der Waals surface area contributed by atoms with E-state index in [0.29, 0.717) is 5.41 Å². The Labute approximate surface area is 41.7 Å². The maximum Gasteiger partial charge on any atom is 0.305 e. The van der Waals surface area contributed by atoms with E-state index in [0.717, 1.165) is 0 Å². The minimum atomic E-state index is -3.62. The van der Waals surface area contributed by atoms with Crippen LogP contribution in [0.25, 0.3) is 0 Å². The second kappa shape index (κ2) is 2.06. The summed E-state index contributed by atoms with van der Waals surface area (Å²) >= 11 is 0. The molecule has 0 radical (unpaired) electrons. The molecule has 0 spiro atoms. The average Bonchev–Trinajstić information content (AvgIpc) is 1.68. The van der Waals surface area contributed by atoms with Crippen molar-refractivity contribution in [2.75, 3.05) is 0 Å². The van der Waals surface area contributed by atoms with Crippen molar-refractivity contribution in [1.29, 1.82) is 0 Å². The molecule has 0 aromatic carbocycles. The fraction of sp³-hybridized carbons (Fsp3) is 0. The van der Waals surface area contributed by atoms with Gasteiger partial charge in [0.15, 0.2) is 0 Å². The van der Waals surface area contributed by atoms with E-state index in [2.05, 4.69) is 16.8 Å².